The van der Waals surface area contributed by atoms with Gasteiger partial charge in [-0.3, -0.25) is 10.1 Å². The Morgan fingerprint density at radius 3 is 2.95 bits per heavy atom. The molecular formula is C13H15N3O3. The van der Waals surface area contributed by atoms with Crippen molar-refractivity contribution in [3.63, 3.8) is 0 Å². The zero-order valence-corrected chi connectivity index (χ0v) is 10.6. The van der Waals surface area contributed by atoms with Crippen molar-refractivity contribution in [3.05, 3.63) is 46.3 Å². The molecule has 2 rings (SSSR count). The van der Waals surface area contributed by atoms with Crippen LogP contribution in [0.2, 0.25) is 0 Å². The van der Waals surface area contributed by atoms with Gasteiger partial charge < -0.3 is 9.73 Å². The number of nitrogens with zero attached hydrogens (tertiary/aromatic N) is 2. The quantitative estimate of drug-likeness (QED) is 0.491. The highest BCUT2D eigenvalue weighted by Gasteiger charge is 2.18. The van der Waals surface area contributed by atoms with E-state index in [2.05, 4.69) is 17.2 Å². The number of nitro groups is 1. The van der Waals surface area contributed by atoms with Crippen molar-refractivity contribution in [2.75, 3.05) is 6.54 Å². The number of rotatable bonds is 6. The molecule has 19 heavy (non-hydrogen) atoms. The first-order valence-corrected chi connectivity index (χ1v) is 6.11. The average Bonchev–Trinajstić information content (AvgIpc) is 2.88. The van der Waals surface area contributed by atoms with Crippen molar-refractivity contribution in [2.45, 2.75) is 19.9 Å². The number of oxazole rings is 1. The SMILES string of the molecule is CCCNCc1coc(-c2ccccc2[N+](=O)[O-])n1. The maximum atomic E-state index is 10.9. The summed E-state index contributed by atoms with van der Waals surface area (Å²) in [6, 6.07) is 6.41. The lowest BCUT2D eigenvalue weighted by molar-refractivity contribution is -0.384. The summed E-state index contributed by atoms with van der Waals surface area (Å²) >= 11 is 0. The average molecular weight is 261 g/mol. The van der Waals surface area contributed by atoms with E-state index in [1.165, 1.54) is 12.3 Å². The molecule has 1 aromatic carbocycles. The molecule has 0 radical (unpaired) electrons. The third-order valence-corrected chi connectivity index (χ3v) is 2.62. The Labute approximate surface area is 110 Å². The minimum absolute atomic E-state index is 0.00239. The van der Waals surface area contributed by atoms with Crippen LogP contribution in [0.25, 0.3) is 11.5 Å². The lowest BCUT2D eigenvalue weighted by atomic mass is 10.2. The molecule has 0 amide bonds. The van der Waals surface area contributed by atoms with Gasteiger partial charge in [-0.25, -0.2) is 4.98 Å². The number of nitro benzene ring substituents is 1. The van der Waals surface area contributed by atoms with Gasteiger partial charge in [0.05, 0.1) is 10.6 Å². The van der Waals surface area contributed by atoms with Crippen molar-refractivity contribution in [1.29, 1.82) is 0 Å². The number of hydrogen-bond acceptors (Lipinski definition) is 5. The molecule has 2 aromatic rings. The topological polar surface area (TPSA) is 81.2 Å². The molecule has 0 saturated heterocycles. The third kappa shape index (κ3) is 3.17. The van der Waals surface area contributed by atoms with Gasteiger partial charge in [0.15, 0.2) is 0 Å². The Morgan fingerprint density at radius 2 is 2.21 bits per heavy atom. The molecule has 0 unspecified atom stereocenters. The summed E-state index contributed by atoms with van der Waals surface area (Å²) < 4.78 is 5.32. The number of benzene rings is 1. The molecule has 0 bridgehead atoms. The van der Waals surface area contributed by atoms with Crippen LogP contribution in [0.4, 0.5) is 5.69 Å². The Bertz CT molecular complexity index is 566. The van der Waals surface area contributed by atoms with Crippen molar-refractivity contribution in [1.82, 2.24) is 10.3 Å². The molecule has 6 nitrogen and oxygen atoms in total. The van der Waals surface area contributed by atoms with Gasteiger partial charge in [-0.15, -0.1) is 0 Å². The highest BCUT2D eigenvalue weighted by molar-refractivity contribution is 5.66. The lowest BCUT2D eigenvalue weighted by Crippen LogP contribution is -2.13. The van der Waals surface area contributed by atoms with Gasteiger partial charge in [-0.05, 0) is 19.0 Å². The molecule has 1 aromatic heterocycles. The Hall–Kier alpha value is -2.21. The normalized spacial score (nSPS) is 10.6. The predicted octanol–water partition coefficient (Wildman–Crippen LogP) is 2.75. The van der Waals surface area contributed by atoms with E-state index in [4.69, 9.17) is 4.42 Å². The van der Waals surface area contributed by atoms with Crippen molar-refractivity contribution in [3.8, 4) is 11.5 Å². The van der Waals surface area contributed by atoms with Crippen LogP contribution in [0, 0.1) is 10.1 Å². The van der Waals surface area contributed by atoms with E-state index in [1.54, 1.807) is 18.2 Å². The van der Waals surface area contributed by atoms with E-state index in [0.29, 0.717) is 12.1 Å². The smallest absolute Gasteiger partial charge is 0.282 e. The first kappa shape index (κ1) is 13.2. The largest absolute Gasteiger partial charge is 0.444 e. The lowest BCUT2D eigenvalue weighted by Gasteiger charge is -1.98. The first-order chi connectivity index (χ1) is 9.22. The molecular weight excluding hydrogens is 246 g/mol. The fraction of sp³-hybridized carbons (Fsp3) is 0.308. The maximum Gasteiger partial charge on any atom is 0.282 e. The van der Waals surface area contributed by atoms with Crippen LogP contribution in [0.15, 0.2) is 34.9 Å². The summed E-state index contributed by atoms with van der Waals surface area (Å²) in [4.78, 5) is 14.8. The van der Waals surface area contributed by atoms with Crippen LogP contribution in [-0.2, 0) is 6.54 Å². The number of nitrogens with one attached hydrogen (secondary N) is 1. The Morgan fingerprint density at radius 1 is 1.42 bits per heavy atom. The molecule has 6 heteroatoms. The van der Waals surface area contributed by atoms with Crippen molar-refractivity contribution < 1.29 is 9.34 Å². The van der Waals surface area contributed by atoms with Gasteiger partial charge in [-0.1, -0.05) is 19.1 Å². The standard InChI is InChI=1S/C13H15N3O3/c1-2-7-14-8-10-9-19-13(15-10)11-5-3-4-6-12(11)16(17)18/h3-6,9,14H,2,7-8H2,1H3. The predicted molar refractivity (Wildman–Crippen MR) is 70.6 cm³/mol. The zero-order valence-electron chi connectivity index (χ0n) is 10.6. The summed E-state index contributed by atoms with van der Waals surface area (Å²) in [7, 11) is 0. The summed E-state index contributed by atoms with van der Waals surface area (Å²) in [6.07, 6.45) is 2.56. The Kier molecular flexibility index (Phi) is 4.25. The molecule has 0 atom stereocenters. The second-order valence-electron chi connectivity index (χ2n) is 4.10. The van der Waals surface area contributed by atoms with Crippen LogP contribution in [0.1, 0.15) is 19.0 Å². The number of hydrogen-bond donors (Lipinski definition) is 1. The summed E-state index contributed by atoms with van der Waals surface area (Å²) in [5.41, 5.74) is 1.13. The van der Waals surface area contributed by atoms with E-state index < -0.39 is 4.92 Å². The monoisotopic (exact) mass is 261 g/mol. The summed E-state index contributed by atoms with van der Waals surface area (Å²) in [6.45, 7) is 3.57. The fourth-order valence-electron chi connectivity index (χ4n) is 1.72. The molecule has 100 valence electrons. The van der Waals surface area contributed by atoms with Crippen LogP contribution in [-0.4, -0.2) is 16.5 Å². The van der Waals surface area contributed by atoms with Gasteiger partial charge in [0, 0.05) is 12.6 Å². The van der Waals surface area contributed by atoms with Gasteiger partial charge >= 0.3 is 0 Å². The van der Waals surface area contributed by atoms with E-state index >= 15 is 0 Å². The number of aromatic nitrogens is 1. The molecule has 1 N–H and O–H groups in total. The van der Waals surface area contributed by atoms with Crippen LogP contribution >= 0.6 is 0 Å². The molecule has 0 aliphatic carbocycles. The van der Waals surface area contributed by atoms with E-state index in [0.717, 1.165) is 18.7 Å². The molecule has 0 spiro atoms. The Balaban J connectivity index is 2.21. The van der Waals surface area contributed by atoms with Gasteiger partial charge in [0.2, 0.25) is 5.89 Å². The minimum Gasteiger partial charge on any atom is -0.444 e. The molecule has 0 fully saturated rings. The maximum absolute atomic E-state index is 10.9. The molecule has 0 aliphatic heterocycles. The van der Waals surface area contributed by atoms with Crippen LogP contribution in [0.5, 0.6) is 0 Å². The van der Waals surface area contributed by atoms with Crippen molar-refractivity contribution in [2.24, 2.45) is 0 Å². The van der Waals surface area contributed by atoms with Crippen LogP contribution < -0.4 is 5.32 Å². The highest BCUT2D eigenvalue weighted by Crippen LogP contribution is 2.28. The summed E-state index contributed by atoms with van der Waals surface area (Å²) in [5, 5.41) is 14.1. The fourth-order valence-corrected chi connectivity index (χ4v) is 1.72. The molecule has 1 heterocycles. The highest BCUT2D eigenvalue weighted by atomic mass is 16.6. The van der Waals surface area contributed by atoms with E-state index in [9.17, 15) is 10.1 Å². The minimum atomic E-state index is -0.436. The first-order valence-electron chi connectivity index (χ1n) is 6.11. The second kappa shape index (κ2) is 6.10. The molecule has 0 saturated carbocycles. The second-order valence-corrected chi connectivity index (χ2v) is 4.10. The van der Waals surface area contributed by atoms with E-state index in [1.807, 2.05) is 0 Å². The van der Waals surface area contributed by atoms with Gasteiger partial charge in [-0.2, -0.15) is 0 Å². The van der Waals surface area contributed by atoms with Gasteiger partial charge in [0.25, 0.3) is 5.69 Å². The molecule has 0 aliphatic rings. The van der Waals surface area contributed by atoms with Gasteiger partial charge in [0.1, 0.15) is 11.8 Å². The summed E-state index contributed by atoms with van der Waals surface area (Å²) in [5.74, 6) is 0.278. The third-order valence-electron chi connectivity index (χ3n) is 2.62. The zero-order chi connectivity index (χ0) is 13.7. The van der Waals surface area contributed by atoms with Crippen LogP contribution in [0.3, 0.4) is 0 Å². The van der Waals surface area contributed by atoms with E-state index in [-0.39, 0.29) is 11.6 Å². The number of para-hydroxylation sites is 1. The van der Waals surface area contributed by atoms with Crippen molar-refractivity contribution >= 4 is 5.69 Å².